The molecule has 5 heteroatoms. The Hall–Kier alpha value is -1.46. The summed E-state index contributed by atoms with van der Waals surface area (Å²) in [4.78, 5) is 12.1. The molecule has 0 heterocycles. The van der Waals surface area contributed by atoms with E-state index in [0.717, 1.165) is 5.56 Å². The lowest BCUT2D eigenvalue weighted by Crippen LogP contribution is -2.18. The number of halogens is 1. The molecule has 0 N–H and O–H groups in total. The molecule has 2 aromatic carbocycles. The fraction of sp³-hybridized carbons (Fsp3) is 0.133. The van der Waals surface area contributed by atoms with Crippen LogP contribution in [0.2, 0.25) is 0 Å². The molecule has 0 saturated heterocycles. The van der Waals surface area contributed by atoms with Crippen LogP contribution in [-0.2, 0) is 21.1 Å². The highest BCUT2D eigenvalue weighted by molar-refractivity contribution is 9.10. The maximum absolute atomic E-state index is 12.1. The second-order valence-corrected chi connectivity index (χ2v) is 7.32. The third-order valence-electron chi connectivity index (χ3n) is 2.75. The van der Waals surface area contributed by atoms with Gasteiger partial charge in [0.2, 0.25) is 0 Å². The molecule has 0 aliphatic heterocycles. The Morgan fingerprint density at radius 1 is 1.00 bits per heavy atom. The molecule has 0 aliphatic rings. The lowest BCUT2D eigenvalue weighted by Gasteiger charge is -2.05. The molecule has 2 rings (SSSR count). The van der Waals surface area contributed by atoms with Gasteiger partial charge in [-0.25, -0.2) is 8.42 Å². The van der Waals surface area contributed by atoms with Crippen LogP contribution in [0, 0.1) is 0 Å². The van der Waals surface area contributed by atoms with Crippen molar-refractivity contribution in [2.45, 2.75) is 11.3 Å². The number of rotatable bonds is 5. The highest BCUT2D eigenvalue weighted by Crippen LogP contribution is 2.17. The first-order chi connectivity index (χ1) is 9.47. The summed E-state index contributed by atoms with van der Waals surface area (Å²) < 4.78 is 25.0. The molecule has 0 unspecified atom stereocenters. The Bertz CT molecular complexity index is 709. The van der Waals surface area contributed by atoms with Crippen molar-refractivity contribution in [3.8, 4) is 0 Å². The molecular weight excluding hydrogens is 340 g/mol. The lowest BCUT2D eigenvalue weighted by atomic mass is 10.1. The Labute approximate surface area is 126 Å². The molecule has 0 amide bonds. The van der Waals surface area contributed by atoms with Crippen LogP contribution in [0.25, 0.3) is 0 Å². The maximum atomic E-state index is 12.1. The minimum absolute atomic E-state index is 0.133. The number of sulfone groups is 1. The van der Waals surface area contributed by atoms with Crippen LogP contribution < -0.4 is 0 Å². The number of carbonyl (C=O) groups excluding carboxylic acids is 1. The van der Waals surface area contributed by atoms with E-state index in [2.05, 4.69) is 15.9 Å². The van der Waals surface area contributed by atoms with Gasteiger partial charge in [-0.15, -0.1) is 0 Å². The zero-order valence-electron chi connectivity index (χ0n) is 10.6. The van der Waals surface area contributed by atoms with Gasteiger partial charge in [0.15, 0.2) is 15.6 Å². The van der Waals surface area contributed by atoms with E-state index in [1.807, 2.05) is 30.3 Å². The van der Waals surface area contributed by atoms with Gasteiger partial charge >= 0.3 is 0 Å². The SMILES string of the molecule is O=C(Cc1ccccc1)CS(=O)(=O)c1cccc(Br)c1. The van der Waals surface area contributed by atoms with Gasteiger partial charge < -0.3 is 0 Å². The zero-order chi connectivity index (χ0) is 14.6. The van der Waals surface area contributed by atoms with Crippen LogP contribution in [0.3, 0.4) is 0 Å². The zero-order valence-corrected chi connectivity index (χ0v) is 13.0. The minimum Gasteiger partial charge on any atom is -0.298 e. The molecule has 104 valence electrons. The first kappa shape index (κ1) is 14.9. The van der Waals surface area contributed by atoms with Crippen molar-refractivity contribution in [3.05, 3.63) is 64.6 Å². The summed E-state index contributed by atoms with van der Waals surface area (Å²) in [5, 5.41) is 0. The molecule has 0 atom stereocenters. The fourth-order valence-corrected chi connectivity index (χ4v) is 3.67. The molecule has 0 spiro atoms. The molecule has 3 nitrogen and oxygen atoms in total. The molecule has 0 aromatic heterocycles. The normalized spacial score (nSPS) is 11.2. The minimum atomic E-state index is -3.58. The van der Waals surface area contributed by atoms with Crippen molar-refractivity contribution in [2.75, 3.05) is 5.75 Å². The van der Waals surface area contributed by atoms with E-state index < -0.39 is 15.6 Å². The summed E-state index contributed by atoms with van der Waals surface area (Å²) in [7, 11) is -3.58. The van der Waals surface area contributed by atoms with Crippen molar-refractivity contribution in [1.29, 1.82) is 0 Å². The molecule has 0 saturated carbocycles. The average Bonchev–Trinajstić information content (AvgIpc) is 2.39. The van der Waals surface area contributed by atoms with Gasteiger partial charge in [-0.05, 0) is 23.8 Å². The Morgan fingerprint density at radius 3 is 2.35 bits per heavy atom. The number of hydrogen-bond donors (Lipinski definition) is 0. The van der Waals surface area contributed by atoms with Gasteiger partial charge in [0.25, 0.3) is 0 Å². The van der Waals surface area contributed by atoms with E-state index in [1.165, 1.54) is 12.1 Å². The van der Waals surface area contributed by atoms with Gasteiger partial charge in [0, 0.05) is 10.9 Å². The third kappa shape index (κ3) is 4.02. The van der Waals surface area contributed by atoms with E-state index in [4.69, 9.17) is 0 Å². The van der Waals surface area contributed by atoms with Crippen LogP contribution in [0.15, 0.2) is 64.0 Å². The van der Waals surface area contributed by atoms with Gasteiger partial charge in [0.1, 0.15) is 5.75 Å². The molecule has 0 aliphatic carbocycles. The maximum Gasteiger partial charge on any atom is 0.185 e. The fourth-order valence-electron chi connectivity index (χ4n) is 1.83. The quantitative estimate of drug-likeness (QED) is 0.830. The highest BCUT2D eigenvalue weighted by atomic mass is 79.9. The van der Waals surface area contributed by atoms with Gasteiger partial charge in [0.05, 0.1) is 4.90 Å². The van der Waals surface area contributed by atoms with Crippen LogP contribution in [-0.4, -0.2) is 20.0 Å². The van der Waals surface area contributed by atoms with Crippen molar-refractivity contribution in [2.24, 2.45) is 0 Å². The van der Waals surface area contributed by atoms with E-state index in [-0.39, 0.29) is 17.1 Å². The predicted octanol–water partition coefficient (Wildman–Crippen LogP) is 3.03. The molecule has 0 radical (unpaired) electrons. The van der Waals surface area contributed by atoms with E-state index in [9.17, 15) is 13.2 Å². The van der Waals surface area contributed by atoms with Crippen molar-refractivity contribution in [3.63, 3.8) is 0 Å². The molecular formula is C15H13BrO3S. The number of ketones is 1. The van der Waals surface area contributed by atoms with Crippen molar-refractivity contribution >= 4 is 31.6 Å². The first-order valence-electron chi connectivity index (χ1n) is 6.01. The second-order valence-electron chi connectivity index (χ2n) is 4.42. The van der Waals surface area contributed by atoms with E-state index in [1.54, 1.807) is 12.1 Å². The summed E-state index contributed by atoms with van der Waals surface area (Å²) >= 11 is 3.23. The van der Waals surface area contributed by atoms with Gasteiger partial charge in [-0.2, -0.15) is 0 Å². The number of carbonyl (C=O) groups is 1. The van der Waals surface area contributed by atoms with Gasteiger partial charge in [-0.3, -0.25) is 4.79 Å². The monoisotopic (exact) mass is 352 g/mol. The predicted molar refractivity (Wildman–Crippen MR) is 81.3 cm³/mol. The van der Waals surface area contributed by atoms with Gasteiger partial charge in [-0.1, -0.05) is 52.3 Å². The third-order valence-corrected chi connectivity index (χ3v) is 4.92. The molecule has 0 fully saturated rings. The number of Topliss-reactive ketones (excluding diaryl/α,β-unsaturated/α-hetero) is 1. The van der Waals surface area contributed by atoms with Crippen molar-refractivity contribution in [1.82, 2.24) is 0 Å². The second kappa shape index (κ2) is 6.33. The topological polar surface area (TPSA) is 51.2 Å². The van der Waals surface area contributed by atoms with E-state index >= 15 is 0 Å². The van der Waals surface area contributed by atoms with Crippen molar-refractivity contribution < 1.29 is 13.2 Å². The van der Waals surface area contributed by atoms with Crippen LogP contribution >= 0.6 is 15.9 Å². The number of hydrogen-bond acceptors (Lipinski definition) is 3. The molecule has 20 heavy (non-hydrogen) atoms. The Kier molecular flexibility index (Phi) is 4.73. The highest BCUT2D eigenvalue weighted by Gasteiger charge is 2.19. The first-order valence-corrected chi connectivity index (χ1v) is 8.46. The van der Waals surface area contributed by atoms with Crippen LogP contribution in [0.1, 0.15) is 5.56 Å². The Morgan fingerprint density at radius 2 is 1.70 bits per heavy atom. The summed E-state index contributed by atoms with van der Waals surface area (Å²) in [5.41, 5.74) is 0.821. The van der Waals surface area contributed by atoms with E-state index in [0.29, 0.717) is 4.47 Å². The summed E-state index contributed by atoms with van der Waals surface area (Å²) in [6, 6.07) is 15.5. The average molecular weight is 353 g/mol. The molecule has 0 bridgehead atoms. The lowest BCUT2D eigenvalue weighted by molar-refractivity contribution is -0.116. The summed E-state index contributed by atoms with van der Waals surface area (Å²) in [6.45, 7) is 0. The van der Waals surface area contributed by atoms with Crippen LogP contribution in [0.4, 0.5) is 0 Å². The smallest absolute Gasteiger partial charge is 0.185 e. The standard InChI is InChI=1S/C15H13BrO3S/c16-13-7-4-8-15(10-13)20(18,19)11-14(17)9-12-5-2-1-3-6-12/h1-8,10H,9,11H2. The number of benzene rings is 2. The van der Waals surface area contributed by atoms with Crippen LogP contribution in [0.5, 0.6) is 0 Å². The molecule has 2 aromatic rings. The summed E-state index contributed by atoms with van der Waals surface area (Å²) in [6.07, 6.45) is 0.133. The Balaban J connectivity index is 2.11. The summed E-state index contributed by atoms with van der Waals surface area (Å²) in [5.74, 6) is -0.783. The largest absolute Gasteiger partial charge is 0.298 e.